The Bertz CT molecular complexity index is 705. The first-order chi connectivity index (χ1) is 10.6. The molecule has 0 fully saturated rings. The largest absolute Gasteiger partial charge is 0.358 e. The number of hydrogen-bond acceptors (Lipinski definition) is 3. The number of amides is 2. The van der Waals surface area contributed by atoms with Gasteiger partial charge in [-0.1, -0.05) is 17.3 Å². The molecule has 1 aromatic carbocycles. The van der Waals surface area contributed by atoms with Crippen molar-refractivity contribution in [1.29, 1.82) is 0 Å². The summed E-state index contributed by atoms with van der Waals surface area (Å²) in [6, 6.07) is 8.02. The van der Waals surface area contributed by atoms with E-state index >= 15 is 0 Å². The zero-order valence-corrected chi connectivity index (χ0v) is 13.4. The van der Waals surface area contributed by atoms with Crippen LogP contribution in [-0.2, 0) is 5.41 Å². The fourth-order valence-corrected chi connectivity index (χ4v) is 1.85. The van der Waals surface area contributed by atoms with Crippen LogP contribution in [0, 0.1) is 6.92 Å². The first kappa shape index (κ1) is 16.9. The summed E-state index contributed by atoms with van der Waals surface area (Å²) in [5.41, 5.74) is 0.0810. The van der Waals surface area contributed by atoms with E-state index in [4.69, 9.17) is 4.52 Å². The van der Waals surface area contributed by atoms with Gasteiger partial charge in [0.25, 0.3) is 5.92 Å². The first-order valence-electron chi connectivity index (χ1n) is 7.09. The van der Waals surface area contributed by atoms with E-state index in [0.717, 1.165) is 12.5 Å². The first-order valence-corrected chi connectivity index (χ1v) is 7.09. The number of carbonyl (C=O) groups excluding carboxylic acids is 1. The number of carbonyl (C=O) groups is 1. The van der Waals surface area contributed by atoms with Crippen LogP contribution in [0.1, 0.15) is 32.1 Å². The summed E-state index contributed by atoms with van der Waals surface area (Å²) in [6.07, 6.45) is 0. The van der Waals surface area contributed by atoms with Gasteiger partial charge < -0.3 is 9.84 Å². The average molecular weight is 323 g/mol. The number of alkyl halides is 2. The molecule has 0 aliphatic heterocycles. The number of nitrogens with one attached hydrogen (secondary N) is 2. The third kappa shape index (κ3) is 3.85. The second kappa shape index (κ2) is 5.98. The number of halogens is 2. The number of urea groups is 1. The second-order valence-electron chi connectivity index (χ2n) is 6.04. The number of nitrogens with zero attached hydrogens (tertiary/aromatic N) is 1. The Morgan fingerprint density at radius 2 is 1.87 bits per heavy atom. The molecule has 23 heavy (non-hydrogen) atoms. The van der Waals surface area contributed by atoms with E-state index in [9.17, 15) is 13.6 Å². The Morgan fingerprint density at radius 3 is 2.48 bits per heavy atom. The van der Waals surface area contributed by atoms with Gasteiger partial charge in [-0.2, -0.15) is 0 Å². The van der Waals surface area contributed by atoms with E-state index in [1.54, 1.807) is 12.1 Å². The highest BCUT2D eigenvalue weighted by molar-refractivity contribution is 5.99. The molecular weight excluding hydrogens is 304 g/mol. The summed E-state index contributed by atoms with van der Waals surface area (Å²) in [5, 5.41) is 8.70. The number of aryl methyl sites for hydroxylation is 1. The Morgan fingerprint density at radius 1 is 1.17 bits per heavy atom. The molecule has 0 aliphatic carbocycles. The maximum atomic E-state index is 13.6. The third-order valence-electron chi connectivity index (χ3n) is 3.74. The molecule has 2 amide bonds. The van der Waals surface area contributed by atoms with Gasteiger partial charge in [0, 0.05) is 18.7 Å². The molecule has 0 bridgehead atoms. The number of anilines is 2. The molecule has 1 heterocycles. The molecule has 0 aliphatic rings. The maximum Gasteiger partial charge on any atom is 0.324 e. The molecule has 2 aromatic rings. The molecule has 124 valence electrons. The zero-order valence-electron chi connectivity index (χ0n) is 13.4. The standard InChI is InChI=1S/C16H19F2N3O2/c1-10-6-5-7-11(8-10)19-14(22)20-13-9-12(23-21-13)15(2,3)16(4,17)18/h5-9H,1-4H3,(H2,19,20,21,22). The Hall–Kier alpha value is -2.44. The summed E-state index contributed by atoms with van der Waals surface area (Å²) >= 11 is 0. The number of rotatable bonds is 4. The van der Waals surface area contributed by atoms with Gasteiger partial charge in [0.15, 0.2) is 11.6 Å². The minimum Gasteiger partial charge on any atom is -0.358 e. The molecule has 0 radical (unpaired) electrons. The van der Waals surface area contributed by atoms with Gasteiger partial charge >= 0.3 is 6.03 Å². The molecule has 0 atom stereocenters. The molecule has 7 heteroatoms. The summed E-state index contributed by atoms with van der Waals surface area (Å²) in [7, 11) is 0. The average Bonchev–Trinajstić information content (AvgIpc) is 2.86. The number of benzene rings is 1. The van der Waals surface area contributed by atoms with E-state index in [0.29, 0.717) is 5.69 Å². The minimum absolute atomic E-state index is 0.00384. The van der Waals surface area contributed by atoms with E-state index in [1.165, 1.54) is 19.9 Å². The second-order valence-corrected chi connectivity index (χ2v) is 6.04. The molecule has 0 spiro atoms. The smallest absolute Gasteiger partial charge is 0.324 e. The van der Waals surface area contributed by atoms with Crippen molar-refractivity contribution in [2.24, 2.45) is 0 Å². The van der Waals surface area contributed by atoms with Gasteiger partial charge in [0.2, 0.25) is 0 Å². The van der Waals surface area contributed by atoms with Crippen molar-refractivity contribution in [3.05, 3.63) is 41.7 Å². The lowest BCUT2D eigenvalue weighted by atomic mass is 9.84. The monoisotopic (exact) mass is 323 g/mol. The highest BCUT2D eigenvalue weighted by Gasteiger charge is 2.46. The lowest BCUT2D eigenvalue weighted by Crippen LogP contribution is -2.37. The fraction of sp³-hybridized carbons (Fsp3) is 0.375. The molecule has 0 saturated heterocycles. The Balaban J connectivity index is 2.06. The lowest BCUT2D eigenvalue weighted by Gasteiger charge is -2.28. The quantitative estimate of drug-likeness (QED) is 0.866. The topological polar surface area (TPSA) is 67.2 Å². The molecule has 2 N–H and O–H groups in total. The summed E-state index contributed by atoms with van der Waals surface area (Å²) in [6.45, 7) is 5.42. The summed E-state index contributed by atoms with van der Waals surface area (Å²) < 4.78 is 32.1. The van der Waals surface area contributed by atoms with Crippen LogP contribution in [-0.4, -0.2) is 17.1 Å². The minimum atomic E-state index is -2.99. The van der Waals surface area contributed by atoms with Crippen molar-refractivity contribution in [2.75, 3.05) is 10.6 Å². The Kier molecular flexibility index (Phi) is 4.40. The highest BCUT2D eigenvalue weighted by Crippen LogP contribution is 2.39. The van der Waals surface area contributed by atoms with Gasteiger partial charge in [-0.25, -0.2) is 13.6 Å². The summed E-state index contributed by atoms with van der Waals surface area (Å²) in [5.74, 6) is -2.92. The van der Waals surface area contributed by atoms with E-state index in [1.807, 2.05) is 19.1 Å². The van der Waals surface area contributed by atoms with Crippen molar-refractivity contribution in [2.45, 2.75) is 39.0 Å². The van der Waals surface area contributed by atoms with Gasteiger partial charge in [-0.3, -0.25) is 5.32 Å². The van der Waals surface area contributed by atoms with Gasteiger partial charge in [-0.05, 0) is 38.5 Å². The van der Waals surface area contributed by atoms with Crippen molar-refractivity contribution < 1.29 is 18.1 Å². The van der Waals surface area contributed by atoms with Crippen molar-refractivity contribution >= 4 is 17.5 Å². The predicted molar refractivity (Wildman–Crippen MR) is 84.0 cm³/mol. The third-order valence-corrected chi connectivity index (χ3v) is 3.74. The Labute approximate surface area is 133 Å². The van der Waals surface area contributed by atoms with E-state index in [2.05, 4.69) is 15.8 Å². The highest BCUT2D eigenvalue weighted by atomic mass is 19.3. The SMILES string of the molecule is Cc1cccc(NC(=O)Nc2cc(C(C)(C)C(C)(F)F)on2)c1. The van der Waals surface area contributed by atoms with Crippen LogP contribution in [0.5, 0.6) is 0 Å². The molecule has 1 aromatic heterocycles. The molecule has 0 saturated carbocycles. The molecule has 2 rings (SSSR count). The maximum absolute atomic E-state index is 13.6. The van der Waals surface area contributed by atoms with Crippen molar-refractivity contribution in [3.63, 3.8) is 0 Å². The van der Waals surface area contributed by atoms with Crippen molar-refractivity contribution in [3.8, 4) is 0 Å². The molecule has 5 nitrogen and oxygen atoms in total. The summed E-state index contributed by atoms with van der Waals surface area (Å²) in [4.78, 5) is 11.9. The van der Waals surface area contributed by atoms with Crippen LogP contribution in [0.15, 0.2) is 34.9 Å². The normalized spacial score (nSPS) is 12.1. The van der Waals surface area contributed by atoms with E-state index < -0.39 is 17.4 Å². The van der Waals surface area contributed by atoms with Gasteiger partial charge in [0.1, 0.15) is 0 Å². The lowest BCUT2D eigenvalue weighted by molar-refractivity contribution is -0.0563. The van der Waals surface area contributed by atoms with Crippen LogP contribution < -0.4 is 10.6 Å². The fourth-order valence-electron chi connectivity index (χ4n) is 1.85. The van der Waals surface area contributed by atoms with Gasteiger partial charge in [-0.15, -0.1) is 0 Å². The number of hydrogen-bond donors (Lipinski definition) is 2. The van der Waals surface area contributed by atoms with Crippen LogP contribution in [0.4, 0.5) is 25.1 Å². The van der Waals surface area contributed by atoms with Crippen molar-refractivity contribution in [1.82, 2.24) is 5.16 Å². The molecule has 0 unspecified atom stereocenters. The number of aromatic nitrogens is 1. The van der Waals surface area contributed by atoms with Crippen LogP contribution in [0.3, 0.4) is 0 Å². The van der Waals surface area contributed by atoms with Crippen LogP contribution >= 0.6 is 0 Å². The van der Waals surface area contributed by atoms with Crippen LogP contribution in [0.25, 0.3) is 0 Å². The predicted octanol–water partition coefficient (Wildman–Crippen LogP) is 4.56. The zero-order chi connectivity index (χ0) is 17.3. The van der Waals surface area contributed by atoms with Gasteiger partial charge in [0.05, 0.1) is 5.41 Å². The van der Waals surface area contributed by atoms with Crippen LogP contribution in [0.2, 0.25) is 0 Å². The molecular formula is C16H19F2N3O2. The van der Waals surface area contributed by atoms with E-state index in [-0.39, 0.29) is 11.6 Å².